The van der Waals surface area contributed by atoms with Gasteiger partial charge in [0.25, 0.3) is 5.92 Å². The lowest BCUT2D eigenvalue weighted by Gasteiger charge is -2.12. The Labute approximate surface area is 68.4 Å². The number of alkyl halides is 2. The van der Waals surface area contributed by atoms with Crippen molar-refractivity contribution in [1.29, 1.82) is 0 Å². The van der Waals surface area contributed by atoms with Gasteiger partial charge in [-0.05, 0) is 0 Å². The molecule has 0 spiro atoms. The molecule has 0 saturated carbocycles. The predicted molar refractivity (Wildman–Crippen MR) is 38.7 cm³/mol. The first kappa shape index (κ1) is 9.05. The van der Waals surface area contributed by atoms with Crippen molar-refractivity contribution < 1.29 is 8.78 Å². The number of hydrogen-bond donors (Lipinski definition) is 1. The van der Waals surface area contributed by atoms with Crippen molar-refractivity contribution in [3.05, 3.63) is 11.9 Å². The lowest BCUT2D eigenvalue weighted by Crippen LogP contribution is -2.30. The van der Waals surface area contributed by atoms with E-state index in [1.54, 1.807) is 7.05 Å². The molecule has 4 nitrogen and oxygen atoms in total. The monoisotopic (exact) mass is 176 g/mol. The summed E-state index contributed by atoms with van der Waals surface area (Å²) in [6.07, 6.45) is 0.899. The fraction of sp³-hybridized carbons (Fsp3) is 0.667. The van der Waals surface area contributed by atoms with Gasteiger partial charge in [0.1, 0.15) is 0 Å². The third-order valence-corrected chi connectivity index (χ3v) is 1.55. The number of nitrogens with zero attached hydrogens (tertiary/aromatic N) is 3. The van der Waals surface area contributed by atoms with Gasteiger partial charge in [0.05, 0.1) is 24.9 Å². The average molecular weight is 176 g/mol. The summed E-state index contributed by atoms with van der Waals surface area (Å²) in [6.45, 7) is -0.655. The van der Waals surface area contributed by atoms with E-state index in [-0.39, 0.29) is 0 Å². The third kappa shape index (κ3) is 1.97. The molecule has 12 heavy (non-hydrogen) atoms. The zero-order chi connectivity index (χ0) is 9.19. The van der Waals surface area contributed by atoms with Crippen LogP contribution in [0.25, 0.3) is 0 Å². The minimum Gasteiger partial charge on any atom is -0.325 e. The highest BCUT2D eigenvalue weighted by Crippen LogP contribution is 2.16. The van der Waals surface area contributed by atoms with Crippen LogP contribution >= 0.6 is 0 Å². The Bertz CT molecular complexity index is 258. The summed E-state index contributed by atoms with van der Waals surface area (Å²) in [5.74, 6) is -2.87. The Morgan fingerprint density at radius 1 is 1.67 bits per heavy atom. The van der Waals surface area contributed by atoms with Crippen LogP contribution in [0.5, 0.6) is 0 Å². The Morgan fingerprint density at radius 3 is 2.75 bits per heavy atom. The Kier molecular flexibility index (Phi) is 2.37. The highest BCUT2D eigenvalue weighted by molar-refractivity contribution is 4.97. The van der Waals surface area contributed by atoms with Gasteiger partial charge in [0.15, 0.2) is 0 Å². The normalized spacial score (nSPS) is 12.0. The largest absolute Gasteiger partial charge is 0.325 e. The molecule has 2 N–H and O–H groups in total. The van der Waals surface area contributed by atoms with Gasteiger partial charge in [-0.25, -0.2) is 8.78 Å². The van der Waals surface area contributed by atoms with Gasteiger partial charge in [-0.15, -0.1) is 5.10 Å². The molecular weight excluding hydrogens is 166 g/mol. The molecule has 0 radical (unpaired) electrons. The van der Waals surface area contributed by atoms with Gasteiger partial charge in [-0.2, -0.15) is 0 Å². The Balaban J connectivity index is 2.70. The fourth-order valence-corrected chi connectivity index (χ4v) is 0.808. The fourth-order valence-electron chi connectivity index (χ4n) is 0.808. The van der Waals surface area contributed by atoms with E-state index in [9.17, 15) is 8.78 Å². The van der Waals surface area contributed by atoms with Crippen LogP contribution in [0.15, 0.2) is 6.20 Å². The van der Waals surface area contributed by atoms with E-state index in [0.29, 0.717) is 5.69 Å². The molecule has 0 bridgehead atoms. The molecule has 1 heterocycles. The molecule has 0 fully saturated rings. The average Bonchev–Trinajstić information content (AvgIpc) is 2.36. The van der Waals surface area contributed by atoms with Crippen LogP contribution in [0.1, 0.15) is 5.69 Å². The van der Waals surface area contributed by atoms with E-state index in [1.165, 1.54) is 10.9 Å². The summed E-state index contributed by atoms with van der Waals surface area (Å²) in [6, 6.07) is 0. The second-order valence-electron chi connectivity index (χ2n) is 2.59. The van der Waals surface area contributed by atoms with Crippen molar-refractivity contribution in [1.82, 2.24) is 15.0 Å². The van der Waals surface area contributed by atoms with Crippen molar-refractivity contribution in [3.8, 4) is 0 Å². The minimum atomic E-state index is -2.87. The molecule has 0 aromatic carbocycles. The molecule has 1 aromatic heterocycles. The maximum absolute atomic E-state index is 12.7. The molecule has 0 aliphatic rings. The van der Waals surface area contributed by atoms with Crippen molar-refractivity contribution in [2.75, 3.05) is 6.54 Å². The molecule has 0 unspecified atom stereocenters. The van der Waals surface area contributed by atoms with Gasteiger partial charge in [-0.3, -0.25) is 4.68 Å². The van der Waals surface area contributed by atoms with Crippen LogP contribution < -0.4 is 5.73 Å². The maximum atomic E-state index is 12.7. The SMILES string of the molecule is Cn1nncc1CC(F)(F)CN. The van der Waals surface area contributed by atoms with Gasteiger partial charge in [0.2, 0.25) is 0 Å². The number of nitrogens with two attached hydrogens (primary N) is 1. The Hall–Kier alpha value is -1.04. The zero-order valence-corrected chi connectivity index (χ0v) is 6.67. The lowest BCUT2D eigenvalue weighted by molar-refractivity contribution is 0.00968. The summed E-state index contributed by atoms with van der Waals surface area (Å²) in [5, 5.41) is 7.01. The smallest absolute Gasteiger partial charge is 0.265 e. The molecular formula is C6H10F2N4. The van der Waals surface area contributed by atoms with Crippen LogP contribution in [-0.4, -0.2) is 27.5 Å². The molecule has 0 aliphatic heterocycles. The number of rotatable bonds is 3. The second kappa shape index (κ2) is 3.14. The van der Waals surface area contributed by atoms with Crippen LogP contribution in [0, 0.1) is 0 Å². The molecule has 0 aliphatic carbocycles. The molecule has 0 amide bonds. The first-order chi connectivity index (χ1) is 5.55. The van der Waals surface area contributed by atoms with Crippen molar-refractivity contribution in [2.45, 2.75) is 12.3 Å². The van der Waals surface area contributed by atoms with Crippen LogP contribution in [-0.2, 0) is 13.5 Å². The van der Waals surface area contributed by atoms with Gasteiger partial charge in [0, 0.05) is 7.05 Å². The van der Waals surface area contributed by atoms with E-state index in [4.69, 9.17) is 5.73 Å². The van der Waals surface area contributed by atoms with Gasteiger partial charge in [-0.1, -0.05) is 5.21 Å². The summed E-state index contributed by atoms with van der Waals surface area (Å²) in [5.41, 5.74) is 5.25. The predicted octanol–water partition coefficient (Wildman–Crippen LogP) is -0.0484. The number of aromatic nitrogens is 3. The molecule has 0 saturated heterocycles. The van der Waals surface area contributed by atoms with E-state index in [1.807, 2.05) is 0 Å². The zero-order valence-electron chi connectivity index (χ0n) is 6.67. The second-order valence-corrected chi connectivity index (χ2v) is 2.59. The first-order valence-corrected chi connectivity index (χ1v) is 3.46. The van der Waals surface area contributed by atoms with E-state index in [2.05, 4.69) is 10.3 Å². The van der Waals surface area contributed by atoms with Gasteiger partial charge >= 0.3 is 0 Å². The van der Waals surface area contributed by atoms with E-state index < -0.39 is 18.9 Å². The van der Waals surface area contributed by atoms with Crippen molar-refractivity contribution in [2.24, 2.45) is 12.8 Å². The van der Waals surface area contributed by atoms with Crippen LogP contribution in [0.3, 0.4) is 0 Å². The lowest BCUT2D eigenvalue weighted by atomic mass is 10.2. The van der Waals surface area contributed by atoms with Crippen LogP contribution in [0.2, 0.25) is 0 Å². The van der Waals surface area contributed by atoms with Crippen molar-refractivity contribution >= 4 is 0 Å². The quantitative estimate of drug-likeness (QED) is 0.702. The molecule has 1 rings (SSSR count). The summed E-state index contributed by atoms with van der Waals surface area (Å²) in [7, 11) is 1.56. The topological polar surface area (TPSA) is 56.7 Å². The van der Waals surface area contributed by atoms with Crippen LogP contribution in [0.4, 0.5) is 8.78 Å². The van der Waals surface area contributed by atoms with E-state index >= 15 is 0 Å². The summed E-state index contributed by atoms with van der Waals surface area (Å²) < 4.78 is 26.7. The maximum Gasteiger partial charge on any atom is 0.265 e. The molecule has 0 atom stereocenters. The highest BCUT2D eigenvalue weighted by Gasteiger charge is 2.28. The standard InChI is InChI=1S/C6H10F2N4/c1-12-5(3-10-11-12)2-6(7,8)4-9/h3H,2,4,9H2,1H3. The molecule has 68 valence electrons. The van der Waals surface area contributed by atoms with Gasteiger partial charge < -0.3 is 5.73 Å². The highest BCUT2D eigenvalue weighted by atomic mass is 19.3. The summed E-state index contributed by atoms with van der Waals surface area (Å²) >= 11 is 0. The van der Waals surface area contributed by atoms with E-state index in [0.717, 1.165) is 0 Å². The first-order valence-electron chi connectivity index (χ1n) is 3.46. The van der Waals surface area contributed by atoms with Crippen molar-refractivity contribution in [3.63, 3.8) is 0 Å². The number of aryl methyl sites for hydroxylation is 1. The number of halogens is 2. The molecule has 6 heteroatoms. The third-order valence-electron chi connectivity index (χ3n) is 1.55. The summed E-state index contributed by atoms with van der Waals surface area (Å²) in [4.78, 5) is 0. The minimum absolute atomic E-state index is 0.380. The molecule has 1 aromatic rings. The Morgan fingerprint density at radius 2 is 2.33 bits per heavy atom. The number of hydrogen-bond acceptors (Lipinski definition) is 3.